The van der Waals surface area contributed by atoms with Gasteiger partial charge in [-0.2, -0.15) is 0 Å². The molecule has 5 heteroatoms. The van der Waals surface area contributed by atoms with Gasteiger partial charge in [0.25, 0.3) is 5.91 Å². The van der Waals surface area contributed by atoms with Crippen LogP contribution in [0.15, 0.2) is 42.5 Å². The molecule has 0 unspecified atom stereocenters. The highest BCUT2D eigenvalue weighted by molar-refractivity contribution is 6.35. The first-order valence-electron chi connectivity index (χ1n) is 7.39. The molecule has 1 amide bonds. The smallest absolute Gasteiger partial charge is 0.265 e. The van der Waals surface area contributed by atoms with E-state index in [0.717, 1.165) is 0 Å². The van der Waals surface area contributed by atoms with Crippen molar-refractivity contribution >= 4 is 34.8 Å². The van der Waals surface area contributed by atoms with Gasteiger partial charge < -0.3 is 10.1 Å². The first-order chi connectivity index (χ1) is 10.9. The average molecular weight is 352 g/mol. The van der Waals surface area contributed by atoms with Crippen molar-refractivity contribution in [2.24, 2.45) is 0 Å². The number of halogens is 2. The van der Waals surface area contributed by atoms with Gasteiger partial charge in [-0.15, -0.1) is 0 Å². The van der Waals surface area contributed by atoms with Gasteiger partial charge in [-0.25, -0.2) is 0 Å². The van der Waals surface area contributed by atoms with Crippen LogP contribution in [-0.2, 0) is 4.79 Å². The van der Waals surface area contributed by atoms with Crippen LogP contribution in [0.25, 0.3) is 0 Å². The Kier molecular flexibility index (Phi) is 5.91. The van der Waals surface area contributed by atoms with Crippen LogP contribution in [-0.4, -0.2) is 12.0 Å². The number of ether oxygens (including phenoxy) is 1. The van der Waals surface area contributed by atoms with Gasteiger partial charge in [0.15, 0.2) is 6.10 Å². The Bertz CT molecular complexity index is 684. The number of rotatable bonds is 5. The average Bonchev–Trinajstić information content (AvgIpc) is 2.51. The maximum Gasteiger partial charge on any atom is 0.265 e. The van der Waals surface area contributed by atoms with E-state index in [2.05, 4.69) is 19.2 Å². The summed E-state index contributed by atoms with van der Waals surface area (Å²) in [6, 6.07) is 12.6. The zero-order valence-corrected chi connectivity index (χ0v) is 14.8. The summed E-state index contributed by atoms with van der Waals surface area (Å²) in [6.07, 6.45) is -0.657. The summed E-state index contributed by atoms with van der Waals surface area (Å²) in [5.41, 5.74) is 1.69. The molecule has 0 aromatic heterocycles. The summed E-state index contributed by atoms with van der Waals surface area (Å²) in [5.74, 6) is 0.811. The van der Waals surface area contributed by atoms with Crippen LogP contribution >= 0.6 is 23.2 Å². The predicted octanol–water partition coefficient (Wildman–Crippen LogP) is 5.52. The SMILES string of the molecule is CC(C)c1ccc(O[C@@H](C)C(=O)Nc2cc(Cl)ccc2Cl)cc1. The molecule has 0 aliphatic carbocycles. The highest BCUT2D eigenvalue weighted by Gasteiger charge is 2.16. The minimum Gasteiger partial charge on any atom is -0.481 e. The van der Waals surface area contributed by atoms with Crippen LogP contribution < -0.4 is 10.1 Å². The van der Waals surface area contributed by atoms with Gasteiger partial charge in [0, 0.05) is 5.02 Å². The summed E-state index contributed by atoms with van der Waals surface area (Å²) in [6.45, 7) is 5.94. The Hall–Kier alpha value is -1.71. The Morgan fingerprint density at radius 3 is 2.30 bits per heavy atom. The van der Waals surface area contributed by atoms with Crippen molar-refractivity contribution in [1.29, 1.82) is 0 Å². The third-order valence-electron chi connectivity index (χ3n) is 3.42. The van der Waals surface area contributed by atoms with E-state index < -0.39 is 6.10 Å². The molecule has 0 fully saturated rings. The van der Waals surface area contributed by atoms with Crippen molar-refractivity contribution in [3.8, 4) is 5.75 Å². The van der Waals surface area contributed by atoms with E-state index in [9.17, 15) is 4.79 Å². The lowest BCUT2D eigenvalue weighted by molar-refractivity contribution is -0.122. The summed E-state index contributed by atoms with van der Waals surface area (Å²) in [4.78, 5) is 12.2. The van der Waals surface area contributed by atoms with Crippen molar-refractivity contribution in [1.82, 2.24) is 0 Å². The summed E-state index contributed by atoms with van der Waals surface area (Å²) in [5, 5.41) is 3.65. The van der Waals surface area contributed by atoms with Gasteiger partial charge in [0.05, 0.1) is 10.7 Å². The molecule has 2 aromatic carbocycles. The number of benzene rings is 2. The molecule has 0 spiro atoms. The number of carbonyl (C=O) groups is 1. The number of anilines is 1. The van der Waals surface area contributed by atoms with Gasteiger partial charge in [-0.1, -0.05) is 49.2 Å². The van der Waals surface area contributed by atoms with Crippen LogP contribution in [0, 0.1) is 0 Å². The monoisotopic (exact) mass is 351 g/mol. The Morgan fingerprint density at radius 2 is 1.70 bits per heavy atom. The van der Waals surface area contributed by atoms with Crippen LogP contribution in [0.1, 0.15) is 32.3 Å². The Morgan fingerprint density at radius 1 is 1.04 bits per heavy atom. The maximum absolute atomic E-state index is 12.2. The maximum atomic E-state index is 12.2. The van der Waals surface area contributed by atoms with E-state index in [1.807, 2.05) is 24.3 Å². The predicted molar refractivity (Wildman–Crippen MR) is 95.7 cm³/mol. The normalized spacial score (nSPS) is 12.1. The van der Waals surface area contributed by atoms with Crippen molar-refractivity contribution < 1.29 is 9.53 Å². The summed E-state index contributed by atoms with van der Waals surface area (Å²) >= 11 is 11.9. The second kappa shape index (κ2) is 7.71. The molecule has 23 heavy (non-hydrogen) atoms. The molecule has 0 aliphatic heterocycles. The summed E-state index contributed by atoms with van der Waals surface area (Å²) < 4.78 is 5.67. The number of nitrogens with one attached hydrogen (secondary N) is 1. The van der Waals surface area contributed by atoms with Gasteiger partial charge >= 0.3 is 0 Å². The molecule has 1 atom stereocenters. The molecule has 0 saturated heterocycles. The van der Waals surface area contributed by atoms with Crippen LogP contribution in [0.2, 0.25) is 10.0 Å². The molecule has 0 radical (unpaired) electrons. The second-order valence-corrected chi connectivity index (χ2v) is 6.44. The minimum atomic E-state index is -0.657. The highest BCUT2D eigenvalue weighted by atomic mass is 35.5. The van der Waals surface area contributed by atoms with E-state index in [1.165, 1.54) is 5.56 Å². The number of carbonyl (C=O) groups excluding carboxylic acids is 1. The first-order valence-corrected chi connectivity index (χ1v) is 8.15. The fraction of sp³-hybridized carbons (Fsp3) is 0.278. The molecule has 2 aromatic rings. The zero-order chi connectivity index (χ0) is 17.0. The first kappa shape index (κ1) is 17.6. The fourth-order valence-electron chi connectivity index (χ4n) is 2.02. The van der Waals surface area contributed by atoms with E-state index in [4.69, 9.17) is 27.9 Å². The van der Waals surface area contributed by atoms with Gasteiger partial charge in [0.1, 0.15) is 5.75 Å². The third kappa shape index (κ3) is 4.88. The second-order valence-electron chi connectivity index (χ2n) is 5.60. The van der Waals surface area contributed by atoms with E-state index in [-0.39, 0.29) is 5.91 Å². The van der Waals surface area contributed by atoms with Crippen LogP contribution in [0.3, 0.4) is 0 Å². The Labute approximate surface area is 146 Å². The topological polar surface area (TPSA) is 38.3 Å². The van der Waals surface area contributed by atoms with E-state index in [1.54, 1.807) is 25.1 Å². The molecule has 0 saturated carbocycles. The molecular formula is C18H19Cl2NO2. The van der Waals surface area contributed by atoms with Gasteiger partial charge in [0.2, 0.25) is 0 Å². The molecule has 2 rings (SSSR count). The third-order valence-corrected chi connectivity index (χ3v) is 3.98. The molecule has 1 N–H and O–H groups in total. The van der Waals surface area contributed by atoms with Gasteiger partial charge in [-0.05, 0) is 48.7 Å². The van der Waals surface area contributed by atoms with E-state index in [0.29, 0.717) is 27.4 Å². The fourth-order valence-corrected chi connectivity index (χ4v) is 2.35. The van der Waals surface area contributed by atoms with Crippen molar-refractivity contribution in [3.63, 3.8) is 0 Å². The standard InChI is InChI=1S/C18H19Cl2NO2/c1-11(2)13-4-7-15(8-5-13)23-12(3)18(22)21-17-10-14(19)6-9-16(17)20/h4-12H,1-3H3,(H,21,22)/t12-/m0/s1. The summed E-state index contributed by atoms with van der Waals surface area (Å²) in [7, 11) is 0. The quantitative estimate of drug-likeness (QED) is 0.769. The van der Waals surface area contributed by atoms with E-state index >= 15 is 0 Å². The number of hydrogen-bond donors (Lipinski definition) is 1. The van der Waals surface area contributed by atoms with Crippen molar-refractivity contribution in [2.45, 2.75) is 32.8 Å². The van der Waals surface area contributed by atoms with Gasteiger partial charge in [-0.3, -0.25) is 4.79 Å². The largest absolute Gasteiger partial charge is 0.481 e. The highest BCUT2D eigenvalue weighted by Crippen LogP contribution is 2.26. The zero-order valence-electron chi connectivity index (χ0n) is 13.3. The lowest BCUT2D eigenvalue weighted by atomic mass is 10.0. The lowest BCUT2D eigenvalue weighted by Crippen LogP contribution is -2.30. The van der Waals surface area contributed by atoms with Crippen LogP contribution in [0.5, 0.6) is 5.75 Å². The Balaban J connectivity index is 2.01. The lowest BCUT2D eigenvalue weighted by Gasteiger charge is -2.16. The molecule has 3 nitrogen and oxygen atoms in total. The molecule has 0 bridgehead atoms. The number of amides is 1. The molecule has 122 valence electrons. The molecular weight excluding hydrogens is 333 g/mol. The van der Waals surface area contributed by atoms with Crippen molar-refractivity contribution in [3.05, 3.63) is 58.1 Å². The van der Waals surface area contributed by atoms with Crippen LogP contribution in [0.4, 0.5) is 5.69 Å². The molecule has 0 aliphatic rings. The van der Waals surface area contributed by atoms with Crippen molar-refractivity contribution in [2.75, 3.05) is 5.32 Å². The minimum absolute atomic E-state index is 0.290. The number of hydrogen-bond acceptors (Lipinski definition) is 2. The molecule has 0 heterocycles.